The molecular formula is C14H20N2O2. The monoisotopic (exact) mass is 248 g/mol. The van der Waals surface area contributed by atoms with E-state index >= 15 is 0 Å². The average molecular weight is 248 g/mol. The Morgan fingerprint density at radius 1 is 1.44 bits per heavy atom. The molecule has 0 bridgehead atoms. The summed E-state index contributed by atoms with van der Waals surface area (Å²) in [5.74, 6) is 0. The first kappa shape index (κ1) is 12.9. The predicted octanol–water partition coefficient (Wildman–Crippen LogP) is 2.05. The van der Waals surface area contributed by atoms with E-state index in [1.807, 2.05) is 37.3 Å². The lowest BCUT2D eigenvalue weighted by Gasteiger charge is -2.20. The van der Waals surface area contributed by atoms with Crippen LogP contribution in [0, 0.1) is 0 Å². The van der Waals surface area contributed by atoms with Gasteiger partial charge < -0.3 is 15.4 Å². The lowest BCUT2D eigenvalue weighted by Crippen LogP contribution is -2.45. The molecule has 2 rings (SSSR count). The van der Waals surface area contributed by atoms with Gasteiger partial charge in [-0.25, -0.2) is 4.79 Å². The van der Waals surface area contributed by atoms with Gasteiger partial charge in [-0.05, 0) is 25.3 Å². The number of hydrogen-bond donors (Lipinski definition) is 2. The fourth-order valence-corrected chi connectivity index (χ4v) is 2.13. The Morgan fingerprint density at radius 2 is 2.22 bits per heavy atom. The molecule has 2 N–H and O–H groups in total. The minimum atomic E-state index is -0.137. The van der Waals surface area contributed by atoms with E-state index in [1.54, 1.807) is 0 Å². The number of benzene rings is 1. The van der Waals surface area contributed by atoms with Gasteiger partial charge in [-0.15, -0.1) is 0 Å². The lowest BCUT2D eigenvalue weighted by atomic mass is 10.1. The second-order valence-electron chi connectivity index (χ2n) is 4.65. The van der Waals surface area contributed by atoms with Gasteiger partial charge in [0.1, 0.15) is 0 Å². The van der Waals surface area contributed by atoms with E-state index in [9.17, 15) is 4.79 Å². The molecule has 0 aliphatic carbocycles. The molecule has 1 saturated heterocycles. The topological polar surface area (TPSA) is 50.4 Å². The lowest BCUT2D eigenvalue weighted by molar-refractivity contribution is 0.0860. The Bertz CT molecular complexity index is 375. The number of rotatable bonds is 4. The highest BCUT2D eigenvalue weighted by Crippen LogP contribution is 2.15. The minimum Gasteiger partial charge on any atom is -0.376 e. The maximum atomic E-state index is 11.7. The van der Waals surface area contributed by atoms with E-state index in [4.69, 9.17) is 4.74 Å². The highest BCUT2D eigenvalue weighted by Gasteiger charge is 2.23. The first-order valence-electron chi connectivity index (χ1n) is 6.45. The van der Waals surface area contributed by atoms with E-state index < -0.39 is 0 Å². The molecule has 18 heavy (non-hydrogen) atoms. The van der Waals surface area contributed by atoms with Crippen molar-refractivity contribution in [2.45, 2.75) is 38.5 Å². The summed E-state index contributed by atoms with van der Waals surface area (Å²) in [4.78, 5) is 11.7. The van der Waals surface area contributed by atoms with Crippen molar-refractivity contribution in [1.82, 2.24) is 10.6 Å². The predicted molar refractivity (Wildman–Crippen MR) is 70.2 cm³/mol. The van der Waals surface area contributed by atoms with Crippen LogP contribution in [-0.2, 0) is 11.3 Å². The Labute approximate surface area is 108 Å². The number of carbonyl (C=O) groups is 1. The summed E-state index contributed by atoms with van der Waals surface area (Å²) in [6, 6.07) is 9.79. The Balaban J connectivity index is 1.71. The van der Waals surface area contributed by atoms with Crippen LogP contribution in [0.1, 0.15) is 25.3 Å². The standard InChI is InChI=1S/C14H20N2O2/c1-11(13-8-5-9-18-13)16-14(17)15-10-12-6-3-2-4-7-12/h2-4,6-7,11,13H,5,8-10H2,1H3,(H2,15,16,17). The molecule has 1 aliphatic heterocycles. The van der Waals surface area contributed by atoms with Crippen molar-refractivity contribution in [1.29, 1.82) is 0 Å². The second-order valence-corrected chi connectivity index (χ2v) is 4.65. The van der Waals surface area contributed by atoms with Gasteiger partial charge in [-0.2, -0.15) is 0 Å². The van der Waals surface area contributed by atoms with Gasteiger partial charge in [0.15, 0.2) is 0 Å². The van der Waals surface area contributed by atoms with Crippen LogP contribution in [0.4, 0.5) is 4.79 Å². The smallest absolute Gasteiger partial charge is 0.315 e. The molecule has 2 amide bonds. The second kappa shape index (κ2) is 6.40. The van der Waals surface area contributed by atoms with Gasteiger partial charge in [-0.3, -0.25) is 0 Å². The van der Waals surface area contributed by atoms with Gasteiger partial charge in [0.2, 0.25) is 0 Å². The molecule has 4 heteroatoms. The van der Waals surface area contributed by atoms with Crippen LogP contribution < -0.4 is 10.6 Å². The fourth-order valence-electron chi connectivity index (χ4n) is 2.13. The quantitative estimate of drug-likeness (QED) is 0.857. The van der Waals surface area contributed by atoms with Crippen molar-refractivity contribution < 1.29 is 9.53 Å². The third kappa shape index (κ3) is 3.74. The summed E-state index contributed by atoms with van der Waals surface area (Å²) in [5.41, 5.74) is 1.09. The van der Waals surface area contributed by atoms with Crippen LogP contribution in [0.3, 0.4) is 0 Å². The van der Waals surface area contributed by atoms with Crippen molar-refractivity contribution in [3.63, 3.8) is 0 Å². The molecule has 2 unspecified atom stereocenters. The van der Waals surface area contributed by atoms with Crippen LogP contribution in [0.2, 0.25) is 0 Å². The summed E-state index contributed by atoms with van der Waals surface area (Å²) < 4.78 is 5.54. The Kier molecular flexibility index (Phi) is 4.59. The molecule has 0 spiro atoms. The summed E-state index contributed by atoms with van der Waals surface area (Å²) >= 11 is 0. The van der Waals surface area contributed by atoms with E-state index in [0.29, 0.717) is 6.54 Å². The highest BCUT2D eigenvalue weighted by molar-refractivity contribution is 5.74. The summed E-state index contributed by atoms with van der Waals surface area (Å²) in [5, 5.41) is 5.76. The average Bonchev–Trinajstić information content (AvgIpc) is 2.91. The molecule has 1 fully saturated rings. The number of carbonyl (C=O) groups excluding carboxylic acids is 1. The molecule has 0 aromatic heterocycles. The largest absolute Gasteiger partial charge is 0.376 e. The van der Waals surface area contributed by atoms with Gasteiger partial charge in [0, 0.05) is 13.2 Å². The van der Waals surface area contributed by atoms with Gasteiger partial charge in [0.25, 0.3) is 0 Å². The minimum absolute atomic E-state index is 0.0586. The molecular weight excluding hydrogens is 228 g/mol. The Morgan fingerprint density at radius 3 is 2.89 bits per heavy atom. The Hall–Kier alpha value is -1.55. The zero-order valence-corrected chi connectivity index (χ0v) is 10.7. The maximum absolute atomic E-state index is 11.7. The first-order valence-corrected chi connectivity index (χ1v) is 6.45. The third-order valence-electron chi connectivity index (χ3n) is 3.18. The van der Waals surface area contributed by atoms with Crippen molar-refractivity contribution in [2.24, 2.45) is 0 Å². The first-order chi connectivity index (χ1) is 8.75. The fraction of sp³-hybridized carbons (Fsp3) is 0.500. The van der Waals surface area contributed by atoms with Crippen LogP contribution in [0.15, 0.2) is 30.3 Å². The molecule has 4 nitrogen and oxygen atoms in total. The highest BCUT2D eigenvalue weighted by atomic mass is 16.5. The van der Waals surface area contributed by atoms with Crippen LogP contribution in [-0.4, -0.2) is 24.8 Å². The van der Waals surface area contributed by atoms with Crippen LogP contribution in [0.25, 0.3) is 0 Å². The summed E-state index contributed by atoms with van der Waals surface area (Å²) in [6.45, 7) is 3.34. The zero-order valence-electron chi connectivity index (χ0n) is 10.7. The molecule has 1 aromatic carbocycles. The van der Waals surface area contributed by atoms with Crippen molar-refractivity contribution in [2.75, 3.05) is 6.61 Å². The maximum Gasteiger partial charge on any atom is 0.315 e. The molecule has 1 aromatic rings. The molecule has 1 heterocycles. The van der Waals surface area contributed by atoms with Gasteiger partial charge >= 0.3 is 6.03 Å². The molecule has 0 saturated carbocycles. The summed E-state index contributed by atoms with van der Waals surface area (Å²) in [6.07, 6.45) is 2.27. The van der Waals surface area contributed by atoms with Crippen molar-refractivity contribution in [3.05, 3.63) is 35.9 Å². The number of amides is 2. The SMILES string of the molecule is CC(NC(=O)NCc1ccccc1)C1CCCO1. The van der Waals surface area contributed by atoms with Gasteiger partial charge in [-0.1, -0.05) is 30.3 Å². The molecule has 1 aliphatic rings. The van der Waals surface area contributed by atoms with Crippen molar-refractivity contribution in [3.8, 4) is 0 Å². The molecule has 0 radical (unpaired) electrons. The number of urea groups is 1. The number of nitrogens with one attached hydrogen (secondary N) is 2. The molecule has 2 atom stereocenters. The van der Waals surface area contributed by atoms with E-state index in [1.165, 1.54) is 0 Å². The number of hydrogen-bond acceptors (Lipinski definition) is 2. The van der Waals surface area contributed by atoms with E-state index in [-0.39, 0.29) is 18.2 Å². The van der Waals surface area contributed by atoms with Gasteiger partial charge in [0.05, 0.1) is 12.1 Å². The zero-order chi connectivity index (χ0) is 12.8. The van der Waals surface area contributed by atoms with Crippen molar-refractivity contribution >= 4 is 6.03 Å². The van der Waals surface area contributed by atoms with E-state index in [0.717, 1.165) is 25.0 Å². The molecule has 98 valence electrons. The third-order valence-corrected chi connectivity index (χ3v) is 3.18. The van der Waals surface area contributed by atoms with E-state index in [2.05, 4.69) is 10.6 Å². The normalized spacial score (nSPS) is 20.4. The number of ether oxygens (including phenoxy) is 1. The summed E-state index contributed by atoms with van der Waals surface area (Å²) in [7, 11) is 0. The van der Waals surface area contributed by atoms with Crippen LogP contribution >= 0.6 is 0 Å². The van der Waals surface area contributed by atoms with Crippen LogP contribution in [0.5, 0.6) is 0 Å².